The van der Waals surface area contributed by atoms with E-state index in [0.717, 1.165) is 7.28 Å². The summed E-state index contributed by atoms with van der Waals surface area (Å²) in [7, 11) is 1.09. The highest BCUT2D eigenvalue weighted by Crippen LogP contribution is 2.29. The Kier molecular flexibility index (Phi) is 1.93. The van der Waals surface area contributed by atoms with Crippen molar-refractivity contribution in [1.29, 1.82) is 0 Å². The van der Waals surface area contributed by atoms with Crippen molar-refractivity contribution < 1.29 is 0 Å². The average Bonchev–Trinajstić information content (AvgIpc) is 2.79. The highest BCUT2D eigenvalue weighted by molar-refractivity contribution is 6.74. The van der Waals surface area contributed by atoms with Crippen LogP contribution in [0.5, 0.6) is 0 Å². The van der Waals surface area contributed by atoms with Gasteiger partial charge in [-0.1, -0.05) is 71.1 Å². The standard InChI is InChI=1S/C17H13B/c1-11-5-4-8-14-16-13-7-3-2-6-12(13)9-10-15(16)18-17(11)14/h2-10,18H,1H3. The first-order chi connectivity index (χ1) is 8.84. The molecule has 0 saturated carbocycles. The van der Waals surface area contributed by atoms with Gasteiger partial charge in [-0.2, -0.15) is 0 Å². The lowest BCUT2D eigenvalue weighted by Crippen LogP contribution is -2.22. The monoisotopic (exact) mass is 228 g/mol. The molecule has 0 spiro atoms. The van der Waals surface area contributed by atoms with E-state index in [2.05, 4.69) is 61.5 Å². The van der Waals surface area contributed by atoms with Crippen LogP contribution in [0.25, 0.3) is 21.9 Å². The Hall–Kier alpha value is -2.02. The van der Waals surface area contributed by atoms with Gasteiger partial charge in [0.25, 0.3) is 0 Å². The van der Waals surface area contributed by atoms with Crippen molar-refractivity contribution in [2.45, 2.75) is 6.92 Å². The summed E-state index contributed by atoms with van der Waals surface area (Å²) in [5, 5.41) is 2.73. The van der Waals surface area contributed by atoms with Crippen LogP contribution in [0.15, 0.2) is 54.6 Å². The van der Waals surface area contributed by atoms with Crippen LogP contribution in [-0.4, -0.2) is 7.28 Å². The summed E-state index contributed by atoms with van der Waals surface area (Å²) < 4.78 is 0. The van der Waals surface area contributed by atoms with Crippen LogP contribution >= 0.6 is 0 Å². The zero-order chi connectivity index (χ0) is 12.1. The van der Waals surface area contributed by atoms with Crippen molar-refractivity contribution in [1.82, 2.24) is 0 Å². The number of rotatable bonds is 0. The number of aryl methyl sites for hydroxylation is 1. The molecule has 3 aromatic rings. The molecule has 0 amide bonds. The highest BCUT2D eigenvalue weighted by atomic mass is 14.2. The number of fused-ring (bicyclic) bond motifs is 5. The van der Waals surface area contributed by atoms with E-state index in [4.69, 9.17) is 0 Å². The van der Waals surface area contributed by atoms with Gasteiger partial charge in [-0.15, -0.1) is 0 Å². The second-order valence-corrected chi connectivity index (χ2v) is 5.10. The molecule has 0 aliphatic carbocycles. The van der Waals surface area contributed by atoms with Crippen LogP contribution in [0.4, 0.5) is 0 Å². The maximum absolute atomic E-state index is 2.29. The number of hydrogen-bond donors (Lipinski definition) is 0. The maximum atomic E-state index is 2.29. The first-order valence-corrected chi connectivity index (χ1v) is 6.44. The summed E-state index contributed by atoms with van der Waals surface area (Å²) in [6, 6.07) is 19.9. The molecule has 1 heterocycles. The van der Waals surface area contributed by atoms with Gasteiger partial charge in [0.05, 0.1) is 0 Å². The third kappa shape index (κ3) is 1.22. The fraction of sp³-hybridized carbons (Fsp3) is 0.0588. The molecule has 0 nitrogen and oxygen atoms in total. The minimum atomic E-state index is 1.09. The van der Waals surface area contributed by atoms with Crippen molar-refractivity contribution >= 4 is 29.0 Å². The molecule has 84 valence electrons. The van der Waals surface area contributed by atoms with E-state index >= 15 is 0 Å². The minimum absolute atomic E-state index is 1.09. The van der Waals surface area contributed by atoms with Gasteiger partial charge in [-0.3, -0.25) is 0 Å². The lowest BCUT2D eigenvalue weighted by molar-refractivity contribution is 1.52. The molecule has 0 saturated heterocycles. The Morgan fingerprint density at radius 3 is 2.67 bits per heavy atom. The zero-order valence-corrected chi connectivity index (χ0v) is 10.4. The van der Waals surface area contributed by atoms with E-state index in [9.17, 15) is 0 Å². The van der Waals surface area contributed by atoms with Gasteiger partial charge in [0.1, 0.15) is 0 Å². The van der Waals surface area contributed by atoms with Gasteiger partial charge in [0.15, 0.2) is 7.28 Å². The average molecular weight is 228 g/mol. The molecule has 1 aliphatic heterocycles. The van der Waals surface area contributed by atoms with Crippen molar-refractivity contribution in [3.05, 3.63) is 60.2 Å². The fourth-order valence-electron chi connectivity index (χ4n) is 3.14. The fourth-order valence-corrected chi connectivity index (χ4v) is 3.14. The quantitative estimate of drug-likeness (QED) is 0.406. The number of benzene rings is 3. The first-order valence-electron chi connectivity index (χ1n) is 6.44. The Morgan fingerprint density at radius 2 is 1.72 bits per heavy atom. The van der Waals surface area contributed by atoms with E-state index in [1.807, 2.05) is 0 Å². The highest BCUT2D eigenvalue weighted by Gasteiger charge is 2.22. The molecular weight excluding hydrogens is 215 g/mol. The summed E-state index contributed by atoms with van der Waals surface area (Å²) in [5.74, 6) is 0. The molecule has 0 radical (unpaired) electrons. The molecule has 3 aromatic carbocycles. The van der Waals surface area contributed by atoms with Gasteiger partial charge < -0.3 is 0 Å². The van der Waals surface area contributed by atoms with Gasteiger partial charge in [0.2, 0.25) is 0 Å². The molecule has 0 bridgehead atoms. The largest absolute Gasteiger partial charge is 0.194 e. The minimum Gasteiger partial charge on any atom is -0.0702 e. The summed E-state index contributed by atoms with van der Waals surface area (Å²) >= 11 is 0. The zero-order valence-electron chi connectivity index (χ0n) is 10.4. The first kappa shape index (κ1) is 9.96. The molecule has 0 fully saturated rings. The maximum Gasteiger partial charge on any atom is 0.194 e. The topological polar surface area (TPSA) is 0 Å². The summed E-state index contributed by atoms with van der Waals surface area (Å²) in [5.41, 5.74) is 7.27. The van der Waals surface area contributed by atoms with E-state index < -0.39 is 0 Å². The Balaban J connectivity index is 2.16. The Bertz CT molecular complexity index is 772. The normalized spacial score (nSPS) is 12.1. The Morgan fingerprint density at radius 1 is 0.833 bits per heavy atom. The number of hydrogen-bond acceptors (Lipinski definition) is 0. The van der Waals surface area contributed by atoms with Crippen LogP contribution in [0, 0.1) is 6.92 Å². The third-order valence-electron chi connectivity index (χ3n) is 4.06. The molecule has 0 aromatic heterocycles. The smallest absolute Gasteiger partial charge is 0.0702 e. The van der Waals surface area contributed by atoms with Gasteiger partial charge >= 0.3 is 0 Å². The van der Waals surface area contributed by atoms with Crippen LogP contribution in [0.2, 0.25) is 0 Å². The molecule has 1 heteroatoms. The van der Waals surface area contributed by atoms with Gasteiger partial charge in [-0.05, 0) is 28.8 Å². The van der Waals surface area contributed by atoms with Crippen molar-refractivity contribution in [3.63, 3.8) is 0 Å². The van der Waals surface area contributed by atoms with E-state index in [1.54, 1.807) is 0 Å². The molecule has 0 atom stereocenters. The predicted molar refractivity (Wildman–Crippen MR) is 80.5 cm³/mol. The van der Waals surface area contributed by atoms with Crippen molar-refractivity contribution in [3.8, 4) is 11.1 Å². The van der Waals surface area contributed by atoms with Crippen LogP contribution in [0.1, 0.15) is 5.56 Å². The summed E-state index contributed by atoms with van der Waals surface area (Å²) in [6.45, 7) is 2.22. The van der Waals surface area contributed by atoms with E-state index in [-0.39, 0.29) is 0 Å². The molecule has 0 unspecified atom stereocenters. The second kappa shape index (κ2) is 3.49. The molecule has 4 rings (SSSR count). The van der Waals surface area contributed by atoms with Gasteiger partial charge in [-0.25, -0.2) is 0 Å². The molecule has 0 N–H and O–H groups in total. The lowest BCUT2D eigenvalue weighted by atomic mass is 9.66. The predicted octanol–water partition coefficient (Wildman–Crippen LogP) is 2.52. The second-order valence-electron chi connectivity index (χ2n) is 5.10. The van der Waals surface area contributed by atoms with E-state index in [1.165, 1.54) is 38.4 Å². The van der Waals surface area contributed by atoms with Crippen LogP contribution in [0.3, 0.4) is 0 Å². The van der Waals surface area contributed by atoms with Crippen LogP contribution in [-0.2, 0) is 0 Å². The van der Waals surface area contributed by atoms with Crippen molar-refractivity contribution in [2.24, 2.45) is 0 Å². The molecule has 1 aliphatic rings. The summed E-state index contributed by atoms with van der Waals surface area (Å²) in [6.07, 6.45) is 0. The Labute approximate surface area is 108 Å². The molecular formula is C17H13B. The SMILES string of the molecule is Cc1cccc2c1Bc1ccc3ccccc3c1-2. The summed E-state index contributed by atoms with van der Waals surface area (Å²) in [4.78, 5) is 0. The van der Waals surface area contributed by atoms with Crippen LogP contribution < -0.4 is 10.9 Å². The van der Waals surface area contributed by atoms with E-state index in [0.29, 0.717) is 0 Å². The lowest BCUT2D eigenvalue weighted by Gasteiger charge is -2.07. The van der Waals surface area contributed by atoms with Gasteiger partial charge in [0, 0.05) is 0 Å². The third-order valence-corrected chi connectivity index (χ3v) is 4.06. The molecule has 18 heavy (non-hydrogen) atoms. The van der Waals surface area contributed by atoms with Crippen molar-refractivity contribution in [2.75, 3.05) is 0 Å².